The predicted octanol–water partition coefficient (Wildman–Crippen LogP) is 3.82. The number of halogens is 1. The van der Waals surface area contributed by atoms with Crippen LogP contribution in [0.3, 0.4) is 0 Å². The first-order valence-electron chi connectivity index (χ1n) is 6.86. The molecule has 2 aromatic carbocycles. The second kappa shape index (κ2) is 5.26. The van der Waals surface area contributed by atoms with Crippen LogP contribution in [-0.4, -0.2) is 10.1 Å². The number of pyridine rings is 1. The maximum absolute atomic E-state index is 13.3. The summed E-state index contributed by atoms with van der Waals surface area (Å²) in [5.74, 6) is -0.287. The van der Waals surface area contributed by atoms with E-state index in [-0.39, 0.29) is 5.82 Å². The van der Waals surface area contributed by atoms with Crippen LogP contribution in [0.5, 0.6) is 0 Å². The SMILES string of the molecule is CC(O)(Cc1cccc(F)c1)c1cccc2cnccc12. The topological polar surface area (TPSA) is 33.1 Å². The van der Waals surface area contributed by atoms with Gasteiger partial charge in [0, 0.05) is 24.2 Å². The Kier molecular flexibility index (Phi) is 3.43. The molecule has 0 radical (unpaired) electrons. The van der Waals surface area contributed by atoms with E-state index in [9.17, 15) is 9.50 Å². The molecule has 1 heterocycles. The van der Waals surface area contributed by atoms with E-state index in [1.165, 1.54) is 12.1 Å². The molecule has 106 valence electrons. The molecule has 0 aliphatic carbocycles. The van der Waals surface area contributed by atoms with Crippen molar-refractivity contribution in [1.82, 2.24) is 4.98 Å². The van der Waals surface area contributed by atoms with Gasteiger partial charge in [0.15, 0.2) is 0 Å². The van der Waals surface area contributed by atoms with E-state index < -0.39 is 5.60 Å². The number of nitrogens with zero attached hydrogens (tertiary/aromatic N) is 1. The summed E-state index contributed by atoms with van der Waals surface area (Å²) in [6.07, 6.45) is 3.84. The van der Waals surface area contributed by atoms with Gasteiger partial charge in [0.2, 0.25) is 0 Å². The lowest BCUT2D eigenvalue weighted by Crippen LogP contribution is -2.24. The molecule has 21 heavy (non-hydrogen) atoms. The molecule has 0 saturated carbocycles. The summed E-state index contributed by atoms with van der Waals surface area (Å²) in [7, 11) is 0. The molecule has 0 aliphatic heterocycles. The third-order valence-electron chi connectivity index (χ3n) is 3.70. The van der Waals surface area contributed by atoms with Gasteiger partial charge < -0.3 is 5.11 Å². The van der Waals surface area contributed by atoms with Crippen LogP contribution in [0, 0.1) is 5.82 Å². The van der Waals surface area contributed by atoms with Gasteiger partial charge in [-0.15, -0.1) is 0 Å². The van der Waals surface area contributed by atoms with Crippen LogP contribution in [0.15, 0.2) is 60.9 Å². The molecule has 0 amide bonds. The molecule has 2 nitrogen and oxygen atoms in total. The summed E-state index contributed by atoms with van der Waals surface area (Å²) in [4.78, 5) is 4.10. The lowest BCUT2D eigenvalue weighted by molar-refractivity contribution is 0.0591. The van der Waals surface area contributed by atoms with E-state index in [0.29, 0.717) is 6.42 Å². The van der Waals surface area contributed by atoms with Gasteiger partial charge in [0.05, 0.1) is 5.60 Å². The average molecular weight is 281 g/mol. The van der Waals surface area contributed by atoms with Crippen LogP contribution in [0.25, 0.3) is 10.8 Å². The van der Waals surface area contributed by atoms with Crippen molar-refractivity contribution in [2.75, 3.05) is 0 Å². The number of aromatic nitrogens is 1. The molecule has 1 aromatic heterocycles. The zero-order valence-electron chi connectivity index (χ0n) is 11.8. The Morgan fingerprint density at radius 3 is 2.76 bits per heavy atom. The molecule has 0 aliphatic rings. The quantitative estimate of drug-likeness (QED) is 0.791. The molecule has 1 unspecified atom stereocenters. The largest absolute Gasteiger partial charge is 0.385 e. The number of rotatable bonds is 3. The molecule has 3 heteroatoms. The van der Waals surface area contributed by atoms with Crippen LogP contribution >= 0.6 is 0 Å². The highest BCUT2D eigenvalue weighted by Gasteiger charge is 2.25. The fourth-order valence-electron chi connectivity index (χ4n) is 2.73. The van der Waals surface area contributed by atoms with Crippen LogP contribution in [0.2, 0.25) is 0 Å². The summed E-state index contributed by atoms with van der Waals surface area (Å²) in [5.41, 5.74) is 0.520. The van der Waals surface area contributed by atoms with Crippen LogP contribution < -0.4 is 0 Å². The highest BCUT2D eigenvalue weighted by Crippen LogP contribution is 2.31. The van der Waals surface area contributed by atoms with E-state index in [4.69, 9.17) is 0 Å². The first kappa shape index (κ1) is 13.7. The van der Waals surface area contributed by atoms with Crippen molar-refractivity contribution < 1.29 is 9.50 Å². The molecule has 0 spiro atoms. The maximum atomic E-state index is 13.3. The summed E-state index contributed by atoms with van der Waals surface area (Å²) in [6, 6.07) is 14.0. The van der Waals surface area contributed by atoms with Gasteiger partial charge in [-0.2, -0.15) is 0 Å². The van der Waals surface area contributed by atoms with Crippen molar-refractivity contribution in [3.63, 3.8) is 0 Å². The first-order valence-corrected chi connectivity index (χ1v) is 6.86. The summed E-state index contributed by atoms with van der Waals surface area (Å²) < 4.78 is 13.3. The fourth-order valence-corrected chi connectivity index (χ4v) is 2.73. The molecule has 1 N–H and O–H groups in total. The fraction of sp³-hybridized carbons (Fsp3) is 0.167. The molecule has 0 fully saturated rings. The number of hydrogen-bond acceptors (Lipinski definition) is 2. The summed E-state index contributed by atoms with van der Waals surface area (Å²) in [5, 5.41) is 12.8. The lowest BCUT2D eigenvalue weighted by atomic mass is 9.86. The Morgan fingerprint density at radius 1 is 1.14 bits per heavy atom. The van der Waals surface area contributed by atoms with Crippen molar-refractivity contribution >= 4 is 10.8 Å². The standard InChI is InChI=1S/C18H16FNO/c1-18(21,11-13-4-2-6-15(19)10-13)17-7-3-5-14-12-20-9-8-16(14)17/h2-10,12,21H,11H2,1H3. The molecule has 1 atom stereocenters. The van der Waals surface area contributed by atoms with Crippen molar-refractivity contribution in [1.29, 1.82) is 0 Å². The van der Waals surface area contributed by atoms with E-state index in [1.807, 2.05) is 30.3 Å². The van der Waals surface area contributed by atoms with Gasteiger partial charge >= 0.3 is 0 Å². The van der Waals surface area contributed by atoms with E-state index in [1.54, 1.807) is 25.4 Å². The predicted molar refractivity (Wildman–Crippen MR) is 81.4 cm³/mol. The summed E-state index contributed by atoms with van der Waals surface area (Å²) >= 11 is 0. The number of fused-ring (bicyclic) bond motifs is 1. The minimum absolute atomic E-state index is 0.287. The van der Waals surface area contributed by atoms with Crippen LogP contribution in [-0.2, 0) is 12.0 Å². The smallest absolute Gasteiger partial charge is 0.123 e. The Balaban J connectivity index is 2.04. The molecule has 0 saturated heterocycles. The Morgan fingerprint density at radius 2 is 1.95 bits per heavy atom. The molecule has 3 rings (SSSR count). The van der Waals surface area contributed by atoms with Crippen molar-refractivity contribution in [3.8, 4) is 0 Å². The zero-order valence-corrected chi connectivity index (χ0v) is 11.8. The Bertz CT molecular complexity index is 778. The third-order valence-corrected chi connectivity index (χ3v) is 3.70. The lowest BCUT2D eigenvalue weighted by Gasteiger charge is -2.25. The highest BCUT2D eigenvalue weighted by atomic mass is 19.1. The van der Waals surface area contributed by atoms with Crippen LogP contribution in [0.4, 0.5) is 4.39 Å². The molecular formula is C18H16FNO. The van der Waals surface area contributed by atoms with Gasteiger partial charge in [-0.05, 0) is 41.6 Å². The number of benzene rings is 2. The van der Waals surface area contributed by atoms with Crippen molar-refractivity contribution in [3.05, 3.63) is 77.9 Å². The van der Waals surface area contributed by atoms with E-state index in [0.717, 1.165) is 21.9 Å². The van der Waals surface area contributed by atoms with E-state index >= 15 is 0 Å². The number of aliphatic hydroxyl groups is 1. The van der Waals surface area contributed by atoms with E-state index in [2.05, 4.69) is 4.98 Å². The average Bonchev–Trinajstić information content (AvgIpc) is 2.46. The summed E-state index contributed by atoms with van der Waals surface area (Å²) in [6.45, 7) is 1.76. The van der Waals surface area contributed by atoms with Crippen molar-refractivity contribution in [2.24, 2.45) is 0 Å². The monoisotopic (exact) mass is 281 g/mol. The van der Waals surface area contributed by atoms with Crippen molar-refractivity contribution in [2.45, 2.75) is 18.9 Å². The van der Waals surface area contributed by atoms with Crippen LogP contribution in [0.1, 0.15) is 18.1 Å². The molecule has 0 bridgehead atoms. The van der Waals surface area contributed by atoms with Gasteiger partial charge in [-0.3, -0.25) is 4.98 Å². The Hall–Kier alpha value is -2.26. The first-order chi connectivity index (χ1) is 10.1. The van der Waals surface area contributed by atoms with Gasteiger partial charge in [0.1, 0.15) is 5.82 Å². The second-order valence-corrected chi connectivity index (χ2v) is 5.48. The highest BCUT2D eigenvalue weighted by molar-refractivity contribution is 5.85. The second-order valence-electron chi connectivity index (χ2n) is 5.48. The zero-order chi connectivity index (χ0) is 14.9. The number of hydrogen-bond donors (Lipinski definition) is 1. The van der Waals surface area contributed by atoms with Gasteiger partial charge in [0.25, 0.3) is 0 Å². The molecule has 3 aromatic rings. The minimum Gasteiger partial charge on any atom is -0.385 e. The molecular weight excluding hydrogens is 265 g/mol. The van der Waals surface area contributed by atoms with Gasteiger partial charge in [-0.25, -0.2) is 4.39 Å². The minimum atomic E-state index is -1.07. The maximum Gasteiger partial charge on any atom is 0.123 e. The Labute approximate surface area is 122 Å². The third kappa shape index (κ3) is 2.78. The normalized spacial score (nSPS) is 14.0. The van der Waals surface area contributed by atoms with Gasteiger partial charge in [-0.1, -0.05) is 30.3 Å².